The summed E-state index contributed by atoms with van der Waals surface area (Å²) < 4.78 is 2.30. The topological polar surface area (TPSA) is 50.2 Å². The first-order chi connectivity index (χ1) is 5.25. The van der Waals surface area contributed by atoms with Gasteiger partial charge >= 0.3 is 0 Å². The van der Waals surface area contributed by atoms with E-state index in [9.17, 15) is 4.79 Å². The second kappa shape index (κ2) is 2.20. The fourth-order valence-corrected chi connectivity index (χ4v) is 1.27. The monoisotopic (exact) mass is 213 g/mol. The Hall–Kier alpha value is -1.10. The summed E-state index contributed by atoms with van der Waals surface area (Å²) in [5.74, 6) is 0. The predicted octanol–water partition coefficient (Wildman–Crippen LogP) is 0.785. The number of fused-ring (bicyclic) bond motifs is 1. The van der Waals surface area contributed by atoms with E-state index in [1.54, 1.807) is 16.8 Å². The molecule has 5 heteroatoms. The van der Waals surface area contributed by atoms with Crippen molar-refractivity contribution in [2.45, 2.75) is 0 Å². The molecule has 0 atom stereocenters. The van der Waals surface area contributed by atoms with Crippen molar-refractivity contribution in [1.82, 2.24) is 14.6 Å². The van der Waals surface area contributed by atoms with Gasteiger partial charge in [0, 0.05) is 18.3 Å². The average molecular weight is 214 g/mol. The molecule has 1 N–H and O–H groups in total. The van der Waals surface area contributed by atoms with Crippen LogP contribution in [0.2, 0.25) is 0 Å². The highest BCUT2D eigenvalue weighted by molar-refractivity contribution is 9.10. The van der Waals surface area contributed by atoms with Gasteiger partial charge in [-0.25, -0.2) is 4.52 Å². The summed E-state index contributed by atoms with van der Waals surface area (Å²) in [6, 6.07) is 3.16. The molecule has 0 unspecified atom stereocenters. The molecule has 0 amide bonds. The zero-order valence-corrected chi connectivity index (χ0v) is 7.00. The molecule has 0 aliphatic heterocycles. The number of aromatic nitrogens is 3. The summed E-state index contributed by atoms with van der Waals surface area (Å²) in [5, 5.41) is 4.02. The van der Waals surface area contributed by atoms with E-state index in [4.69, 9.17) is 0 Å². The van der Waals surface area contributed by atoms with Crippen LogP contribution in [0.1, 0.15) is 0 Å². The average Bonchev–Trinajstić information content (AvgIpc) is 2.27. The van der Waals surface area contributed by atoms with Crippen molar-refractivity contribution in [3.05, 3.63) is 33.3 Å². The third-order valence-electron chi connectivity index (χ3n) is 1.32. The van der Waals surface area contributed by atoms with Crippen LogP contribution in [0.3, 0.4) is 0 Å². The lowest BCUT2D eigenvalue weighted by Crippen LogP contribution is -2.05. The summed E-state index contributed by atoms with van der Waals surface area (Å²) >= 11 is 3.20. The van der Waals surface area contributed by atoms with Gasteiger partial charge in [0.05, 0.1) is 0 Å². The Kier molecular flexibility index (Phi) is 1.32. The standard InChI is InChI=1S/C6H4BrN3O/c7-4-3-5-8-6(11)1-2-10(5)9-4/h1-3H,(H,8,11). The minimum Gasteiger partial charge on any atom is -0.307 e. The quantitative estimate of drug-likeness (QED) is 0.704. The molecule has 2 heterocycles. The summed E-state index contributed by atoms with van der Waals surface area (Å²) in [7, 11) is 0. The first kappa shape index (κ1) is 6.60. The van der Waals surface area contributed by atoms with Gasteiger partial charge in [-0.15, -0.1) is 0 Å². The van der Waals surface area contributed by atoms with Crippen molar-refractivity contribution in [1.29, 1.82) is 0 Å². The maximum atomic E-state index is 10.8. The Labute approximate surface area is 70.0 Å². The van der Waals surface area contributed by atoms with Gasteiger partial charge in [-0.3, -0.25) is 4.79 Å². The number of nitrogens with zero attached hydrogens (tertiary/aromatic N) is 2. The van der Waals surface area contributed by atoms with Gasteiger partial charge in [-0.05, 0) is 15.9 Å². The molecular weight excluding hydrogens is 210 g/mol. The summed E-state index contributed by atoms with van der Waals surface area (Å²) in [6.45, 7) is 0. The predicted molar refractivity (Wildman–Crippen MR) is 43.5 cm³/mol. The number of H-pyrrole nitrogens is 1. The highest BCUT2D eigenvalue weighted by atomic mass is 79.9. The molecule has 0 radical (unpaired) electrons. The van der Waals surface area contributed by atoms with Gasteiger partial charge in [0.25, 0.3) is 5.56 Å². The molecule has 0 aliphatic rings. The van der Waals surface area contributed by atoms with Gasteiger partial charge in [-0.1, -0.05) is 0 Å². The fourth-order valence-electron chi connectivity index (χ4n) is 0.878. The second-order valence-electron chi connectivity index (χ2n) is 2.10. The maximum absolute atomic E-state index is 10.8. The highest BCUT2D eigenvalue weighted by Gasteiger charge is 1.96. The van der Waals surface area contributed by atoms with E-state index in [1.165, 1.54) is 6.07 Å². The molecule has 0 spiro atoms. The van der Waals surface area contributed by atoms with Crippen molar-refractivity contribution in [3.63, 3.8) is 0 Å². The van der Waals surface area contributed by atoms with Gasteiger partial charge < -0.3 is 4.98 Å². The lowest BCUT2D eigenvalue weighted by molar-refractivity contribution is 0.920. The van der Waals surface area contributed by atoms with Crippen LogP contribution in [0.25, 0.3) is 5.65 Å². The van der Waals surface area contributed by atoms with Gasteiger partial charge in [0.15, 0.2) is 0 Å². The van der Waals surface area contributed by atoms with Crippen LogP contribution in [-0.4, -0.2) is 14.6 Å². The Morgan fingerprint density at radius 3 is 3.27 bits per heavy atom. The van der Waals surface area contributed by atoms with Crippen molar-refractivity contribution in [2.75, 3.05) is 0 Å². The van der Waals surface area contributed by atoms with Crippen LogP contribution >= 0.6 is 15.9 Å². The third kappa shape index (κ3) is 1.07. The SMILES string of the molecule is O=c1ccn2nc(Br)cc2[nH]1. The molecule has 0 fully saturated rings. The first-order valence-electron chi connectivity index (χ1n) is 3.00. The molecule has 56 valence electrons. The minimum absolute atomic E-state index is 0.120. The number of rotatable bonds is 0. The summed E-state index contributed by atoms with van der Waals surface area (Å²) in [4.78, 5) is 13.4. The Morgan fingerprint density at radius 2 is 2.45 bits per heavy atom. The molecule has 4 nitrogen and oxygen atoms in total. The van der Waals surface area contributed by atoms with Crippen LogP contribution in [0, 0.1) is 0 Å². The Bertz CT molecular complexity index is 444. The van der Waals surface area contributed by atoms with Crippen molar-refractivity contribution >= 4 is 21.6 Å². The largest absolute Gasteiger partial charge is 0.307 e. The third-order valence-corrected chi connectivity index (χ3v) is 1.71. The molecule has 0 aliphatic carbocycles. The zero-order chi connectivity index (χ0) is 7.84. The van der Waals surface area contributed by atoms with E-state index in [0.717, 1.165) is 0 Å². The van der Waals surface area contributed by atoms with Gasteiger partial charge in [0.2, 0.25) is 0 Å². The lowest BCUT2D eigenvalue weighted by atomic mass is 10.6. The molecular formula is C6H4BrN3O. The second-order valence-corrected chi connectivity index (χ2v) is 2.91. The van der Waals surface area contributed by atoms with E-state index < -0.39 is 0 Å². The molecule has 11 heavy (non-hydrogen) atoms. The highest BCUT2D eigenvalue weighted by Crippen LogP contribution is 2.07. The zero-order valence-electron chi connectivity index (χ0n) is 5.41. The van der Waals surface area contributed by atoms with E-state index in [2.05, 4.69) is 26.0 Å². The van der Waals surface area contributed by atoms with E-state index in [-0.39, 0.29) is 5.56 Å². The smallest absolute Gasteiger partial charge is 0.251 e. The normalized spacial score (nSPS) is 10.6. The molecule has 2 aromatic rings. The van der Waals surface area contributed by atoms with Gasteiger partial charge in [0.1, 0.15) is 10.3 Å². The number of aromatic amines is 1. The number of hydrogen-bond acceptors (Lipinski definition) is 2. The molecule has 0 saturated heterocycles. The summed E-state index contributed by atoms with van der Waals surface area (Å²) in [5.41, 5.74) is 0.564. The van der Waals surface area contributed by atoms with E-state index >= 15 is 0 Å². The van der Waals surface area contributed by atoms with Crippen LogP contribution in [0.4, 0.5) is 0 Å². The lowest BCUT2D eigenvalue weighted by Gasteiger charge is -1.87. The van der Waals surface area contributed by atoms with Crippen LogP contribution in [0.15, 0.2) is 27.7 Å². The van der Waals surface area contributed by atoms with E-state index in [1.807, 2.05) is 0 Å². The van der Waals surface area contributed by atoms with E-state index in [0.29, 0.717) is 10.3 Å². The minimum atomic E-state index is -0.120. The van der Waals surface area contributed by atoms with Crippen molar-refractivity contribution in [3.8, 4) is 0 Å². The van der Waals surface area contributed by atoms with Crippen molar-refractivity contribution in [2.24, 2.45) is 0 Å². The maximum Gasteiger partial charge on any atom is 0.251 e. The molecule has 2 aromatic heterocycles. The summed E-state index contributed by atoms with van der Waals surface area (Å²) in [6.07, 6.45) is 1.61. The number of nitrogens with one attached hydrogen (secondary N) is 1. The van der Waals surface area contributed by atoms with Crippen LogP contribution in [0.5, 0.6) is 0 Å². The first-order valence-corrected chi connectivity index (χ1v) is 3.79. The molecule has 2 rings (SSSR count). The Morgan fingerprint density at radius 1 is 1.64 bits per heavy atom. The van der Waals surface area contributed by atoms with Crippen LogP contribution in [-0.2, 0) is 0 Å². The molecule has 0 saturated carbocycles. The van der Waals surface area contributed by atoms with Gasteiger partial charge in [-0.2, -0.15) is 5.10 Å². The molecule has 0 aromatic carbocycles. The molecule has 0 bridgehead atoms. The van der Waals surface area contributed by atoms with Crippen LogP contribution < -0.4 is 5.56 Å². The number of hydrogen-bond donors (Lipinski definition) is 1. The number of halogens is 1. The van der Waals surface area contributed by atoms with Crippen molar-refractivity contribution < 1.29 is 0 Å². The fraction of sp³-hybridized carbons (Fsp3) is 0. The Balaban J connectivity index is 2.92.